The smallest absolute Gasteiger partial charge is 0.0321 e. The quantitative estimate of drug-likeness (QED) is 0.521. The molecule has 0 bridgehead atoms. The van der Waals surface area contributed by atoms with Crippen LogP contribution in [0.2, 0.25) is 0 Å². The zero-order valence-corrected chi connectivity index (χ0v) is 7.78. The van der Waals surface area contributed by atoms with Crippen molar-refractivity contribution < 1.29 is 0 Å². The van der Waals surface area contributed by atoms with Crippen molar-refractivity contribution in [1.82, 2.24) is 0 Å². The molecule has 0 nitrogen and oxygen atoms in total. The molecule has 0 heteroatoms. The molecule has 0 heterocycles. The minimum atomic E-state index is 0.898. The maximum atomic E-state index is 2.32. The predicted octanol–water partition coefficient (Wildman–Crippen LogP) is 3.78. The molecular weight excluding hydrogens is 120 g/mol. The van der Waals surface area contributed by atoms with Gasteiger partial charge in [-0.1, -0.05) is 31.9 Å². The highest BCUT2D eigenvalue weighted by Gasteiger charge is 1.97. The molecule has 10 heavy (non-hydrogen) atoms. The third-order valence-corrected chi connectivity index (χ3v) is 2.22. The van der Waals surface area contributed by atoms with Gasteiger partial charge in [-0.2, -0.15) is 0 Å². The molecule has 0 aliphatic heterocycles. The van der Waals surface area contributed by atoms with Crippen molar-refractivity contribution in [3.63, 3.8) is 0 Å². The molecule has 1 atom stereocenters. The molecule has 0 rings (SSSR count). The van der Waals surface area contributed by atoms with E-state index in [9.17, 15) is 0 Å². The summed E-state index contributed by atoms with van der Waals surface area (Å²) in [7, 11) is 0. The zero-order chi connectivity index (χ0) is 7.98. The van der Waals surface area contributed by atoms with E-state index < -0.39 is 0 Å². The monoisotopic (exact) mass is 140 g/mol. The summed E-state index contributed by atoms with van der Waals surface area (Å²) in [6.45, 7) is 8.91. The van der Waals surface area contributed by atoms with E-state index in [1.165, 1.54) is 24.8 Å². The van der Waals surface area contributed by atoms with Crippen molar-refractivity contribution in [2.24, 2.45) is 5.92 Å². The second-order valence-electron chi connectivity index (χ2n) is 3.19. The van der Waals surface area contributed by atoms with Gasteiger partial charge >= 0.3 is 0 Å². The van der Waals surface area contributed by atoms with E-state index in [-0.39, 0.29) is 0 Å². The minimum Gasteiger partial charge on any atom is -0.0887 e. The summed E-state index contributed by atoms with van der Waals surface area (Å²) in [5.41, 5.74) is 1.53. The summed E-state index contributed by atoms with van der Waals surface area (Å²) in [6, 6.07) is 0. The summed E-state index contributed by atoms with van der Waals surface area (Å²) in [6.07, 6.45) is 6.16. The molecule has 0 aliphatic rings. The van der Waals surface area contributed by atoms with Crippen LogP contribution in [0, 0.1) is 5.92 Å². The number of hydrogen-bond donors (Lipinski definition) is 0. The van der Waals surface area contributed by atoms with E-state index in [1.54, 1.807) is 0 Å². The lowest BCUT2D eigenvalue weighted by Gasteiger charge is -2.06. The molecule has 0 spiro atoms. The average Bonchev–Trinajstić information content (AvgIpc) is 1.99. The molecule has 0 aromatic heterocycles. The second-order valence-corrected chi connectivity index (χ2v) is 3.19. The van der Waals surface area contributed by atoms with Gasteiger partial charge in [0.2, 0.25) is 0 Å². The number of hydrogen-bond acceptors (Lipinski definition) is 0. The van der Waals surface area contributed by atoms with Gasteiger partial charge in [0.05, 0.1) is 0 Å². The molecule has 0 aromatic carbocycles. The molecule has 1 unspecified atom stereocenters. The maximum absolute atomic E-state index is 2.32. The van der Waals surface area contributed by atoms with E-state index in [0.29, 0.717) is 0 Å². The van der Waals surface area contributed by atoms with Crippen LogP contribution in [-0.2, 0) is 0 Å². The van der Waals surface area contributed by atoms with Crippen molar-refractivity contribution >= 4 is 0 Å². The fourth-order valence-corrected chi connectivity index (χ4v) is 0.823. The first-order chi connectivity index (χ1) is 4.70. The largest absolute Gasteiger partial charge is 0.0887 e. The van der Waals surface area contributed by atoms with Gasteiger partial charge in [0.25, 0.3) is 0 Å². The van der Waals surface area contributed by atoms with Gasteiger partial charge in [-0.3, -0.25) is 0 Å². The molecule has 0 saturated carbocycles. The van der Waals surface area contributed by atoms with Crippen LogP contribution in [-0.4, -0.2) is 0 Å². The molecule has 0 N–H and O–H groups in total. The van der Waals surface area contributed by atoms with Gasteiger partial charge in [0.1, 0.15) is 0 Å². The highest BCUT2D eigenvalue weighted by Crippen LogP contribution is 2.13. The fraction of sp³-hybridized carbons (Fsp3) is 0.800. The predicted molar refractivity (Wildman–Crippen MR) is 48.1 cm³/mol. The zero-order valence-electron chi connectivity index (χ0n) is 7.78. The van der Waals surface area contributed by atoms with Crippen molar-refractivity contribution in [2.45, 2.75) is 47.0 Å². The van der Waals surface area contributed by atoms with Crippen LogP contribution in [0.25, 0.3) is 0 Å². The summed E-state index contributed by atoms with van der Waals surface area (Å²) in [5.74, 6) is 0.898. The van der Waals surface area contributed by atoms with Crippen molar-refractivity contribution in [2.75, 3.05) is 0 Å². The summed E-state index contributed by atoms with van der Waals surface area (Å²) in [4.78, 5) is 0. The topological polar surface area (TPSA) is 0 Å². The lowest BCUT2D eigenvalue weighted by atomic mass is 10.00. The van der Waals surface area contributed by atoms with Crippen LogP contribution in [0.3, 0.4) is 0 Å². The first kappa shape index (κ1) is 9.74. The van der Waals surface area contributed by atoms with E-state index >= 15 is 0 Å². The van der Waals surface area contributed by atoms with Crippen molar-refractivity contribution in [3.8, 4) is 0 Å². The van der Waals surface area contributed by atoms with E-state index in [0.717, 1.165) is 5.92 Å². The standard InChI is InChI=1S/C10H20/c1-5-9(3)7-8-10(4)6-2/h5,10H,6-8H2,1-4H3/b9-5+. The van der Waals surface area contributed by atoms with Gasteiger partial charge in [-0.25, -0.2) is 0 Å². The summed E-state index contributed by atoms with van der Waals surface area (Å²) >= 11 is 0. The van der Waals surface area contributed by atoms with Gasteiger partial charge < -0.3 is 0 Å². The lowest BCUT2D eigenvalue weighted by Crippen LogP contribution is -1.91. The van der Waals surface area contributed by atoms with E-state index in [4.69, 9.17) is 0 Å². The lowest BCUT2D eigenvalue weighted by molar-refractivity contribution is 0.515. The van der Waals surface area contributed by atoms with Crippen LogP contribution in [0.5, 0.6) is 0 Å². The number of allylic oxidation sites excluding steroid dienone is 2. The molecule has 0 fully saturated rings. The van der Waals surface area contributed by atoms with Gasteiger partial charge in [0, 0.05) is 0 Å². The Morgan fingerprint density at radius 1 is 1.50 bits per heavy atom. The minimum absolute atomic E-state index is 0.898. The highest BCUT2D eigenvalue weighted by molar-refractivity contribution is 4.95. The van der Waals surface area contributed by atoms with Crippen molar-refractivity contribution in [3.05, 3.63) is 11.6 Å². The first-order valence-corrected chi connectivity index (χ1v) is 4.32. The SMILES string of the molecule is C/C=C(\C)CCC(C)CC. The van der Waals surface area contributed by atoms with E-state index in [2.05, 4.69) is 33.8 Å². The van der Waals surface area contributed by atoms with Crippen LogP contribution in [0.1, 0.15) is 47.0 Å². The van der Waals surface area contributed by atoms with Crippen LogP contribution in [0.15, 0.2) is 11.6 Å². The van der Waals surface area contributed by atoms with Gasteiger partial charge in [-0.05, 0) is 32.6 Å². The Hall–Kier alpha value is -0.260. The summed E-state index contributed by atoms with van der Waals surface area (Å²) in [5, 5.41) is 0. The van der Waals surface area contributed by atoms with Crippen molar-refractivity contribution in [1.29, 1.82) is 0 Å². The molecule has 0 aliphatic carbocycles. The molecule has 60 valence electrons. The van der Waals surface area contributed by atoms with Crippen LogP contribution < -0.4 is 0 Å². The van der Waals surface area contributed by atoms with Gasteiger partial charge in [0.15, 0.2) is 0 Å². The normalized spacial score (nSPS) is 15.4. The van der Waals surface area contributed by atoms with Crippen LogP contribution in [0.4, 0.5) is 0 Å². The Morgan fingerprint density at radius 2 is 2.10 bits per heavy atom. The third kappa shape index (κ3) is 4.60. The Labute approximate surface area is 65.3 Å². The Bertz CT molecular complexity index is 101. The fourth-order valence-electron chi connectivity index (χ4n) is 0.823. The molecule has 0 amide bonds. The number of rotatable bonds is 4. The molecular formula is C10H20. The maximum Gasteiger partial charge on any atom is -0.0321 e. The van der Waals surface area contributed by atoms with Gasteiger partial charge in [-0.15, -0.1) is 0 Å². The van der Waals surface area contributed by atoms with E-state index in [1.807, 2.05) is 0 Å². The Kier molecular flexibility index (Phi) is 5.38. The molecule has 0 radical (unpaired) electrons. The molecule has 0 aromatic rings. The first-order valence-electron chi connectivity index (χ1n) is 4.32. The third-order valence-electron chi connectivity index (χ3n) is 2.22. The molecule has 0 saturated heterocycles. The highest BCUT2D eigenvalue weighted by atomic mass is 14.0. The Morgan fingerprint density at radius 3 is 2.50 bits per heavy atom. The van der Waals surface area contributed by atoms with Crippen LogP contribution >= 0.6 is 0 Å². The Balaban J connectivity index is 3.35. The average molecular weight is 140 g/mol. The second kappa shape index (κ2) is 5.52. The summed E-state index contributed by atoms with van der Waals surface area (Å²) < 4.78 is 0.